The van der Waals surface area contributed by atoms with Crippen molar-refractivity contribution in [3.8, 4) is 0 Å². The maximum Gasteiger partial charge on any atom is 0.337 e. The predicted octanol–water partition coefficient (Wildman–Crippen LogP) is 3.32. The number of methoxy groups -OCH3 is 2. The largest absolute Gasteiger partial charge is 0.478 e. The van der Waals surface area contributed by atoms with Crippen LogP contribution in [0.25, 0.3) is 0 Å². The number of carboxylic acid groups (broad SMARTS) is 1. The minimum Gasteiger partial charge on any atom is -0.478 e. The molecule has 4 N–H and O–H groups in total. The predicted molar refractivity (Wildman–Crippen MR) is 149 cm³/mol. The SMILES string of the molecule is COCCN(CCOC)c1nc(Nc2ccc(C)c(S(=O)(=O)O)c2)nc(Nc2ccc(I)cc2C(=O)O)n1. The molecule has 0 saturated heterocycles. The number of benzene rings is 2. The van der Waals surface area contributed by atoms with Gasteiger partial charge in [0.15, 0.2) is 0 Å². The Hall–Kier alpha value is -3.12. The molecule has 15 heteroatoms. The van der Waals surface area contributed by atoms with Crippen LogP contribution >= 0.6 is 22.6 Å². The zero-order valence-corrected chi connectivity index (χ0v) is 23.8. The van der Waals surface area contributed by atoms with Gasteiger partial charge >= 0.3 is 5.97 Å². The highest BCUT2D eigenvalue weighted by atomic mass is 127. The Kier molecular flexibility index (Phi) is 10.1. The Morgan fingerprint density at radius 1 is 1.00 bits per heavy atom. The van der Waals surface area contributed by atoms with Crippen LogP contribution in [0.4, 0.5) is 29.2 Å². The number of nitrogens with zero attached hydrogens (tertiary/aromatic N) is 4. The minimum atomic E-state index is -4.45. The fourth-order valence-electron chi connectivity index (χ4n) is 3.34. The van der Waals surface area contributed by atoms with Crippen molar-refractivity contribution in [3.05, 3.63) is 51.1 Å². The van der Waals surface area contributed by atoms with Crippen LogP contribution in [-0.2, 0) is 19.6 Å². The molecule has 0 amide bonds. The van der Waals surface area contributed by atoms with Crippen LogP contribution in [-0.4, -0.2) is 79.5 Å². The van der Waals surface area contributed by atoms with Gasteiger partial charge in [-0.3, -0.25) is 4.55 Å². The second kappa shape index (κ2) is 13.1. The monoisotopic (exact) mass is 658 g/mol. The van der Waals surface area contributed by atoms with E-state index >= 15 is 0 Å². The molecule has 0 bridgehead atoms. The Morgan fingerprint density at radius 3 is 2.21 bits per heavy atom. The van der Waals surface area contributed by atoms with Crippen LogP contribution in [0.5, 0.6) is 0 Å². The molecule has 0 fully saturated rings. The first-order valence-electron chi connectivity index (χ1n) is 11.2. The van der Waals surface area contributed by atoms with Gasteiger partial charge in [0.25, 0.3) is 10.1 Å². The van der Waals surface area contributed by atoms with Crippen LogP contribution in [0.15, 0.2) is 41.3 Å². The first kappa shape index (κ1) is 29.4. The van der Waals surface area contributed by atoms with Crippen molar-refractivity contribution in [1.29, 1.82) is 0 Å². The summed E-state index contributed by atoms with van der Waals surface area (Å²) in [4.78, 5) is 26.7. The normalized spacial score (nSPS) is 11.3. The van der Waals surface area contributed by atoms with E-state index in [-0.39, 0.29) is 34.0 Å². The van der Waals surface area contributed by atoms with E-state index in [0.717, 1.165) is 3.57 Å². The molecule has 1 heterocycles. The first-order valence-corrected chi connectivity index (χ1v) is 13.7. The summed E-state index contributed by atoms with van der Waals surface area (Å²) in [6.45, 7) is 3.14. The maximum absolute atomic E-state index is 11.8. The molecule has 0 aliphatic carbocycles. The summed E-state index contributed by atoms with van der Waals surface area (Å²) in [6, 6.07) is 9.25. The number of anilines is 5. The fourth-order valence-corrected chi connectivity index (χ4v) is 4.58. The molecule has 0 spiro atoms. The quantitative estimate of drug-likeness (QED) is 0.156. The highest BCUT2D eigenvalue weighted by molar-refractivity contribution is 14.1. The van der Waals surface area contributed by atoms with Gasteiger partial charge in [-0.1, -0.05) is 6.07 Å². The number of aromatic nitrogens is 3. The molecule has 1 aromatic heterocycles. The Bertz CT molecular complexity index is 1400. The van der Waals surface area contributed by atoms with Gasteiger partial charge in [-0.25, -0.2) is 4.79 Å². The Labute approximate surface area is 233 Å². The van der Waals surface area contributed by atoms with E-state index in [2.05, 4.69) is 25.6 Å². The van der Waals surface area contributed by atoms with Gasteiger partial charge in [0.05, 0.1) is 29.4 Å². The molecular weight excluding hydrogens is 631 g/mol. The molecule has 3 aromatic rings. The number of aryl methyl sites for hydroxylation is 1. The molecular formula is C23H27IN6O7S. The van der Waals surface area contributed by atoms with Crippen molar-refractivity contribution in [2.24, 2.45) is 0 Å². The second-order valence-corrected chi connectivity index (χ2v) is 10.6. The van der Waals surface area contributed by atoms with E-state index in [1.165, 1.54) is 18.2 Å². The van der Waals surface area contributed by atoms with Crippen LogP contribution in [0.2, 0.25) is 0 Å². The summed E-state index contributed by atoms with van der Waals surface area (Å²) in [5, 5.41) is 15.5. The van der Waals surface area contributed by atoms with E-state index in [1.54, 1.807) is 44.2 Å². The summed E-state index contributed by atoms with van der Waals surface area (Å²) >= 11 is 2.02. The van der Waals surface area contributed by atoms with Gasteiger partial charge in [0, 0.05) is 36.6 Å². The van der Waals surface area contributed by atoms with Crippen LogP contribution in [0.1, 0.15) is 15.9 Å². The molecule has 3 rings (SSSR count). The van der Waals surface area contributed by atoms with Crippen molar-refractivity contribution in [1.82, 2.24) is 15.0 Å². The lowest BCUT2D eigenvalue weighted by Crippen LogP contribution is -2.32. The first-order chi connectivity index (χ1) is 18.0. The van der Waals surface area contributed by atoms with Crippen molar-refractivity contribution >= 4 is 67.9 Å². The van der Waals surface area contributed by atoms with E-state index in [4.69, 9.17) is 9.47 Å². The average Bonchev–Trinajstić information content (AvgIpc) is 2.85. The average molecular weight is 658 g/mol. The molecule has 204 valence electrons. The van der Waals surface area contributed by atoms with Gasteiger partial charge in [-0.05, 0) is 65.4 Å². The molecule has 2 aromatic carbocycles. The number of rotatable bonds is 13. The molecule has 0 saturated carbocycles. The van der Waals surface area contributed by atoms with E-state index in [1.807, 2.05) is 22.6 Å². The summed E-state index contributed by atoms with van der Waals surface area (Å²) in [5.74, 6) is -0.797. The molecule has 0 atom stereocenters. The molecule has 13 nitrogen and oxygen atoms in total. The number of carboxylic acids is 1. The summed E-state index contributed by atoms with van der Waals surface area (Å²) in [7, 11) is -1.32. The zero-order chi connectivity index (χ0) is 27.9. The third-order valence-corrected chi connectivity index (χ3v) is 6.88. The van der Waals surface area contributed by atoms with Gasteiger partial charge < -0.3 is 30.1 Å². The lowest BCUT2D eigenvalue weighted by molar-refractivity contribution is 0.0698. The minimum absolute atomic E-state index is 0.0281. The number of carbonyl (C=O) groups is 1. The molecule has 0 aliphatic heterocycles. The highest BCUT2D eigenvalue weighted by Gasteiger charge is 2.18. The number of nitrogens with one attached hydrogen (secondary N) is 2. The van der Waals surface area contributed by atoms with E-state index < -0.39 is 16.1 Å². The van der Waals surface area contributed by atoms with Crippen molar-refractivity contribution in [2.45, 2.75) is 11.8 Å². The third kappa shape index (κ3) is 7.94. The molecule has 38 heavy (non-hydrogen) atoms. The smallest absolute Gasteiger partial charge is 0.337 e. The number of hydrogen-bond donors (Lipinski definition) is 4. The summed E-state index contributed by atoms with van der Waals surface area (Å²) in [6.07, 6.45) is 0. The lowest BCUT2D eigenvalue weighted by atomic mass is 10.2. The zero-order valence-electron chi connectivity index (χ0n) is 20.8. The number of hydrogen-bond acceptors (Lipinski definition) is 11. The topological polar surface area (TPSA) is 176 Å². The van der Waals surface area contributed by atoms with Crippen molar-refractivity contribution < 1.29 is 32.3 Å². The van der Waals surface area contributed by atoms with Gasteiger partial charge in [0.2, 0.25) is 17.8 Å². The summed E-state index contributed by atoms with van der Waals surface area (Å²) < 4.78 is 44.2. The van der Waals surface area contributed by atoms with E-state index in [9.17, 15) is 22.9 Å². The van der Waals surface area contributed by atoms with Crippen molar-refractivity contribution in [3.63, 3.8) is 0 Å². The van der Waals surface area contributed by atoms with Crippen LogP contribution < -0.4 is 15.5 Å². The fraction of sp³-hybridized carbons (Fsp3) is 0.304. The van der Waals surface area contributed by atoms with Gasteiger partial charge in [0.1, 0.15) is 0 Å². The van der Waals surface area contributed by atoms with E-state index in [0.29, 0.717) is 37.6 Å². The Morgan fingerprint density at radius 2 is 1.63 bits per heavy atom. The van der Waals surface area contributed by atoms with Crippen LogP contribution in [0.3, 0.4) is 0 Å². The number of halogens is 1. The highest BCUT2D eigenvalue weighted by Crippen LogP contribution is 2.26. The third-order valence-electron chi connectivity index (χ3n) is 5.22. The molecule has 0 aliphatic rings. The summed E-state index contributed by atoms with van der Waals surface area (Å²) in [5.41, 5.74) is 0.958. The van der Waals surface area contributed by atoms with Crippen molar-refractivity contribution in [2.75, 3.05) is 56.1 Å². The number of aromatic carboxylic acids is 1. The number of ether oxygens (including phenoxy) is 2. The molecule has 0 radical (unpaired) electrons. The standard InChI is InChI=1S/C23H27IN6O7S/c1-14-4-6-16(13-19(14)38(33,34)35)25-21-27-22(26-18-7-5-15(24)12-17(18)20(31)32)29-23(28-21)30(8-10-36-2)9-11-37-3/h4-7,12-13H,8-11H2,1-3H3,(H,31,32)(H,33,34,35)(H2,25,26,27,28,29). The second-order valence-electron chi connectivity index (χ2n) is 7.96. The maximum atomic E-state index is 11.8. The lowest BCUT2D eigenvalue weighted by Gasteiger charge is -2.23. The van der Waals surface area contributed by atoms with Gasteiger partial charge in [-0.15, -0.1) is 0 Å². The molecule has 0 unspecified atom stereocenters. The Balaban J connectivity index is 2.07. The van der Waals surface area contributed by atoms with Gasteiger partial charge in [-0.2, -0.15) is 23.4 Å². The van der Waals surface area contributed by atoms with Crippen LogP contribution in [0, 0.1) is 10.5 Å².